The number of benzene rings is 2. The molecule has 1 aliphatic heterocycles. The monoisotopic (exact) mass is 438 g/mol. The summed E-state index contributed by atoms with van der Waals surface area (Å²) in [6.45, 7) is 6.76. The molecule has 0 aliphatic carbocycles. The third-order valence-corrected chi connectivity index (χ3v) is 5.57. The normalized spacial score (nSPS) is 16.4. The molecule has 170 valence electrons. The van der Waals surface area contributed by atoms with Crippen LogP contribution in [-0.4, -0.2) is 60.8 Å². The van der Waals surface area contributed by atoms with Crippen molar-refractivity contribution >= 4 is 29.1 Å². The highest BCUT2D eigenvalue weighted by molar-refractivity contribution is 5.94. The first-order chi connectivity index (χ1) is 15.3. The molecule has 8 nitrogen and oxygen atoms in total. The number of aryl methyl sites for hydroxylation is 1. The van der Waals surface area contributed by atoms with Crippen molar-refractivity contribution in [3.8, 4) is 5.75 Å². The Hall–Kier alpha value is -3.39. The van der Waals surface area contributed by atoms with Gasteiger partial charge < -0.3 is 20.3 Å². The fraction of sp³-hybridized carbons (Fsp3) is 0.375. The molecule has 0 aromatic heterocycles. The van der Waals surface area contributed by atoms with Gasteiger partial charge in [0, 0.05) is 50.4 Å². The van der Waals surface area contributed by atoms with Gasteiger partial charge in [-0.2, -0.15) is 0 Å². The third kappa shape index (κ3) is 5.64. The van der Waals surface area contributed by atoms with Gasteiger partial charge in [-0.3, -0.25) is 19.3 Å². The summed E-state index contributed by atoms with van der Waals surface area (Å²) in [5.41, 5.74) is 3.13. The fourth-order valence-corrected chi connectivity index (χ4v) is 4.00. The second-order valence-corrected chi connectivity index (χ2v) is 7.96. The molecule has 0 radical (unpaired) electrons. The number of ether oxygens (including phenoxy) is 1. The molecule has 0 saturated carbocycles. The minimum atomic E-state index is -0.198. The van der Waals surface area contributed by atoms with Crippen molar-refractivity contribution in [2.45, 2.75) is 26.8 Å². The number of para-hydroxylation sites is 1. The van der Waals surface area contributed by atoms with E-state index in [2.05, 4.69) is 10.6 Å². The van der Waals surface area contributed by atoms with Gasteiger partial charge in [0.2, 0.25) is 17.7 Å². The van der Waals surface area contributed by atoms with Crippen molar-refractivity contribution in [3.63, 3.8) is 0 Å². The summed E-state index contributed by atoms with van der Waals surface area (Å²) in [6, 6.07) is 12.9. The number of hydrogen-bond donors (Lipinski definition) is 2. The number of methoxy groups -OCH3 is 1. The van der Waals surface area contributed by atoms with Crippen molar-refractivity contribution in [2.75, 3.05) is 43.9 Å². The van der Waals surface area contributed by atoms with Gasteiger partial charge in [0.25, 0.3) is 0 Å². The number of amides is 3. The van der Waals surface area contributed by atoms with Crippen molar-refractivity contribution in [3.05, 3.63) is 53.6 Å². The van der Waals surface area contributed by atoms with Crippen LogP contribution in [0.4, 0.5) is 11.4 Å². The highest BCUT2D eigenvalue weighted by atomic mass is 16.5. The summed E-state index contributed by atoms with van der Waals surface area (Å²) in [5, 5.41) is 5.67. The Kier molecular flexibility index (Phi) is 7.48. The average molecular weight is 439 g/mol. The van der Waals surface area contributed by atoms with E-state index < -0.39 is 0 Å². The lowest BCUT2D eigenvalue weighted by Gasteiger charge is -2.41. The number of nitrogens with zero attached hydrogens (tertiary/aromatic N) is 2. The molecule has 3 amide bonds. The van der Waals surface area contributed by atoms with E-state index in [1.807, 2.05) is 53.1 Å². The van der Waals surface area contributed by atoms with Crippen LogP contribution in [0.3, 0.4) is 0 Å². The number of hydrogen-bond acceptors (Lipinski definition) is 5. The number of carbonyl (C=O) groups is 3. The van der Waals surface area contributed by atoms with Crippen LogP contribution in [0.15, 0.2) is 42.5 Å². The van der Waals surface area contributed by atoms with E-state index >= 15 is 0 Å². The highest BCUT2D eigenvalue weighted by Gasteiger charge is 2.32. The molecule has 1 fully saturated rings. The Labute approximate surface area is 188 Å². The molecular formula is C24H30N4O4. The molecule has 2 N–H and O–H groups in total. The molecular weight excluding hydrogens is 408 g/mol. The number of rotatable bonds is 6. The fourth-order valence-electron chi connectivity index (χ4n) is 4.00. The Bertz CT molecular complexity index is 1010. The summed E-state index contributed by atoms with van der Waals surface area (Å²) in [5.74, 6) is 0.398. The molecule has 3 rings (SSSR count). The van der Waals surface area contributed by atoms with Crippen molar-refractivity contribution in [2.24, 2.45) is 0 Å². The molecule has 32 heavy (non-hydrogen) atoms. The van der Waals surface area contributed by atoms with Crippen molar-refractivity contribution < 1.29 is 19.1 Å². The molecule has 1 heterocycles. The summed E-state index contributed by atoms with van der Waals surface area (Å²) < 4.78 is 5.50. The second-order valence-electron chi connectivity index (χ2n) is 7.96. The van der Waals surface area contributed by atoms with Gasteiger partial charge >= 0.3 is 0 Å². The van der Waals surface area contributed by atoms with Crippen LogP contribution in [0.2, 0.25) is 0 Å². The van der Waals surface area contributed by atoms with Crippen molar-refractivity contribution in [1.82, 2.24) is 9.80 Å². The first-order valence-electron chi connectivity index (χ1n) is 10.6. The topological polar surface area (TPSA) is 91.0 Å². The van der Waals surface area contributed by atoms with Gasteiger partial charge in [-0.1, -0.05) is 24.3 Å². The van der Waals surface area contributed by atoms with E-state index in [4.69, 9.17) is 4.74 Å². The summed E-state index contributed by atoms with van der Waals surface area (Å²) in [4.78, 5) is 40.2. The zero-order valence-corrected chi connectivity index (χ0v) is 19.0. The van der Waals surface area contributed by atoms with Crippen molar-refractivity contribution in [1.29, 1.82) is 0 Å². The van der Waals surface area contributed by atoms with Gasteiger partial charge in [0.15, 0.2) is 0 Å². The average Bonchev–Trinajstić information content (AvgIpc) is 2.75. The maximum Gasteiger partial charge on any atom is 0.238 e. The van der Waals surface area contributed by atoms with Crippen LogP contribution in [0.25, 0.3) is 0 Å². The maximum atomic E-state index is 12.7. The second kappa shape index (κ2) is 10.3. The first kappa shape index (κ1) is 23.3. The Balaban J connectivity index is 1.70. The number of carbonyl (C=O) groups excluding carboxylic acids is 3. The highest BCUT2D eigenvalue weighted by Crippen LogP contribution is 2.32. The Morgan fingerprint density at radius 3 is 2.50 bits per heavy atom. The van der Waals surface area contributed by atoms with E-state index in [0.29, 0.717) is 31.0 Å². The first-order valence-corrected chi connectivity index (χ1v) is 10.6. The predicted octanol–water partition coefficient (Wildman–Crippen LogP) is 2.81. The molecule has 2 aromatic rings. The lowest BCUT2D eigenvalue weighted by atomic mass is 10.0. The maximum absolute atomic E-state index is 12.7. The van der Waals surface area contributed by atoms with E-state index in [9.17, 15) is 14.4 Å². The third-order valence-electron chi connectivity index (χ3n) is 5.57. The molecule has 0 unspecified atom stereocenters. The van der Waals surface area contributed by atoms with E-state index in [1.54, 1.807) is 20.1 Å². The minimum absolute atomic E-state index is 0.00448. The Morgan fingerprint density at radius 2 is 1.81 bits per heavy atom. The van der Waals surface area contributed by atoms with Crippen LogP contribution < -0.4 is 15.4 Å². The Morgan fingerprint density at radius 1 is 1.06 bits per heavy atom. The molecule has 8 heteroatoms. The van der Waals surface area contributed by atoms with Crippen LogP contribution in [0.1, 0.15) is 31.0 Å². The lowest BCUT2D eigenvalue weighted by molar-refractivity contribution is -0.134. The summed E-state index contributed by atoms with van der Waals surface area (Å²) in [7, 11) is 1.61. The zero-order chi connectivity index (χ0) is 23.3. The molecule has 1 aliphatic rings. The van der Waals surface area contributed by atoms with E-state index in [1.165, 1.54) is 6.92 Å². The largest absolute Gasteiger partial charge is 0.496 e. The minimum Gasteiger partial charge on any atom is -0.496 e. The molecule has 0 spiro atoms. The quantitative estimate of drug-likeness (QED) is 0.724. The van der Waals surface area contributed by atoms with Crippen LogP contribution in [0, 0.1) is 6.92 Å². The standard InChI is InChI=1S/C24H30N4O4/c1-16-9-10-19(13-21(16)25-17(2)29)26-24(31)15-27-11-12-28(18(3)30)22(14-27)20-7-5-6-8-23(20)32-4/h5-10,13,22H,11-12,14-15H2,1-4H3,(H,25,29)(H,26,31)/t22-/m1/s1. The molecule has 1 saturated heterocycles. The zero-order valence-electron chi connectivity index (χ0n) is 19.0. The van der Waals surface area contributed by atoms with Gasteiger partial charge in [-0.25, -0.2) is 0 Å². The molecule has 1 atom stereocenters. The number of nitrogens with one attached hydrogen (secondary N) is 2. The number of piperazine rings is 1. The van der Waals surface area contributed by atoms with Gasteiger partial charge in [-0.05, 0) is 30.7 Å². The van der Waals surface area contributed by atoms with Crippen LogP contribution in [0.5, 0.6) is 5.75 Å². The van der Waals surface area contributed by atoms with Crippen LogP contribution in [-0.2, 0) is 14.4 Å². The summed E-state index contributed by atoms with van der Waals surface area (Å²) >= 11 is 0. The lowest BCUT2D eigenvalue weighted by Crippen LogP contribution is -2.51. The summed E-state index contributed by atoms with van der Waals surface area (Å²) in [6.07, 6.45) is 0. The van der Waals surface area contributed by atoms with E-state index in [-0.39, 0.29) is 30.3 Å². The number of anilines is 2. The van der Waals surface area contributed by atoms with Gasteiger partial charge in [-0.15, -0.1) is 0 Å². The van der Waals surface area contributed by atoms with Gasteiger partial charge in [0.1, 0.15) is 5.75 Å². The van der Waals surface area contributed by atoms with E-state index in [0.717, 1.165) is 16.9 Å². The molecule has 2 aromatic carbocycles. The molecule has 0 bridgehead atoms. The smallest absolute Gasteiger partial charge is 0.238 e. The van der Waals surface area contributed by atoms with Gasteiger partial charge in [0.05, 0.1) is 19.7 Å². The SMILES string of the molecule is COc1ccccc1[C@H]1CN(CC(=O)Nc2ccc(C)c(NC(C)=O)c2)CCN1C(C)=O. The van der Waals surface area contributed by atoms with Crippen LogP contribution >= 0.6 is 0 Å². The predicted molar refractivity (Wildman–Crippen MR) is 124 cm³/mol.